The molecule has 0 saturated heterocycles. The number of hydrogen-bond acceptors (Lipinski definition) is 6. The van der Waals surface area contributed by atoms with Gasteiger partial charge in [0.15, 0.2) is 0 Å². The van der Waals surface area contributed by atoms with E-state index in [9.17, 15) is 4.79 Å². The molecule has 30 heavy (non-hydrogen) atoms. The van der Waals surface area contributed by atoms with Gasteiger partial charge in [0.05, 0.1) is 18.9 Å². The Kier molecular flexibility index (Phi) is 6.22. The molecule has 0 unspecified atom stereocenters. The summed E-state index contributed by atoms with van der Waals surface area (Å²) in [6, 6.07) is 26.2. The highest BCUT2D eigenvalue weighted by atomic mass is 16.6. The standard InChI is InChI=1S/C23H20N2O5/c26-23-25(19-11-13-21(14-12-19)29-20-9-5-2-6-10-20)24-22(30-23)28-16-15-27-17-18-7-3-1-4-8-18/h1-14H,15-17H2. The SMILES string of the molecule is O=c1oc(OCCOCc2ccccc2)nn1-c1ccc(Oc2ccccc2)cc1. The molecule has 0 aliphatic carbocycles. The zero-order valence-electron chi connectivity index (χ0n) is 16.1. The highest BCUT2D eigenvalue weighted by Gasteiger charge is 2.11. The number of nitrogens with zero attached hydrogens (tertiary/aromatic N) is 2. The van der Waals surface area contributed by atoms with Gasteiger partial charge in [0, 0.05) is 0 Å². The van der Waals surface area contributed by atoms with Crippen molar-refractivity contribution in [2.24, 2.45) is 0 Å². The number of aromatic nitrogens is 2. The van der Waals surface area contributed by atoms with Crippen LogP contribution in [0.1, 0.15) is 5.56 Å². The molecule has 0 N–H and O–H groups in total. The molecule has 0 aliphatic rings. The van der Waals surface area contributed by atoms with Crippen LogP contribution >= 0.6 is 0 Å². The van der Waals surface area contributed by atoms with E-state index in [1.54, 1.807) is 24.3 Å². The Morgan fingerprint density at radius 1 is 0.800 bits per heavy atom. The smallest absolute Gasteiger partial charge is 0.444 e. The van der Waals surface area contributed by atoms with Gasteiger partial charge in [-0.15, -0.1) is 0 Å². The third-order valence-corrected chi connectivity index (χ3v) is 4.15. The maximum absolute atomic E-state index is 12.1. The van der Waals surface area contributed by atoms with Gasteiger partial charge in [0.25, 0.3) is 0 Å². The van der Waals surface area contributed by atoms with Crippen LogP contribution in [0.2, 0.25) is 0 Å². The molecule has 0 bridgehead atoms. The Hall–Kier alpha value is -3.84. The summed E-state index contributed by atoms with van der Waals surface area (Å²) in [6.07, 6.45) is -0.104. The molecule has 7 nitrogen and oxygen atoms in total. The Morgan fingerprint density at radius 2 is 1.47 bits per heavy atom. The number of benzene rings is 3. The predicted octanol–water partition coefficient (Wildman–Crippen LogP) is 4.21. The molecule has 7 heteroatoms. The Bertz CT molecular complexity index is 1110. The Balaban J connectivity index is 1.30. The van der Waals surface area contributed by atoms with Crippen molar-refractivity contribution in [1.82, 2.24) is 9.78 Å². The summed E-state index contributed by atoms with van der Waals surface area (Å²) >= 11 is 0. The number of ether oxygens (including phenoxy) is 3. The van der Waals surface area contributed by atoms with Crippen LogP contribution in [0, 0.1) is 0 Å². The summed E-state index contributed by atoms with van der Waals surface area (Å²) < 4.78 is 22.8. The number of hydrogen-bond donors (Lipinski definition) is 0. The van der Waals surface area contributed by atoms with E-state index in [1.165, 1.54) is 0 Å². The molecule has 152 valence electrons. The van der Waals surface area contributed by atoms with Gasteiger partial charge >= 0.3 is 11.8 Å². The van der Waals surface area contributed by atoms with Gasteiger partial charge in [-0.05, 0) is 42.0 Å². The number of rotatable bonds is 9. The Morgan fingerprint density at radius 3 is 2.20 bits per heavy atom. The van der Waals surface area contributed by atoms with Crippen molar-refractivity contribution in [3.8, 4) is 23.3 Å². The van der Waals surface area contributed by atoms with Crippen molar-refractivity contribution in [2.45, 2.75) is 6.61 Å². The molecule has 0 spiro atoms. The van der Waals surface area contributed by atoms with Gasteiger partial charge in [-0.1, -0.05) is 53.6 Å². The lowest BCUT2D eigenvalue weighted by molar-refractivity contribution is 0.0776. The van der Waals surface area contributed by atoms with Crippen LogP contribution in [-0.4, -0.2) is 23.0 Å². The van der Waals surface area contributed by atoms with E-state index in [4.69, 9.17) is 18.6 Å². The summed E-state index contributed by atoms with van der Waals surface area (Å²) in [4.78, 5) is 12.1. The van der Waals surface area contributed by atoms with Crippen molar-refractivity contribution in [1.29, 1.82) is 0 Å². The molecule has 1 aromatic heterocycles. The van der Waals surface area contributed by atoms with E-state index in [2.05, 4.69) is 5.10 Å². The summed E-state index contributed by atoms with van der Waals surface area (Å²) in [7, 11) is 0. The minimum atomic E-state index is -0.632. The molecule has 0 radical (unpaired) electrons. The quantitative estimate of drug-likeness (QED) is 0.389. The van der Waals surface area contributed by atoms with Crippen molar-refractivity contribution in [3.63, 3.8) is 0 Å². The third-order valence-electron chi connectivity index (χ3n) is 4.15. The zero-order chi connectivity index (χ0) is 20.6. The first kappa shape index (κ1) is 19.5. The van der Waals surface area contributed by atoms with E-state index in [-0.39, 0.29) is 12.7 Å². The lowest BCUT2D eigenvalue weighted by Gasteiger charge is -2.06. The second-order valence-corrected chi connectivity index (χ2v) is 6.34. The second-order valence-electron chi connectivity index (χ2n) is 6.34. The maximum atomic E-state index is 12.1. The van der Waals surface area contributed by atoms with Gasteiger partial charge in [0.2, 0.25) is 0 Å². The molecule has 0 fully saturated rings. The lowest BCUT2D eigenvalue weighted by Crippen LogP contribution is -2.13. The van der Waals surface area contributed by atoms with Crippen LogP contribution < -0.4 is 15.2 Å². The fourth-order valence-corrected chi connectivity index (χ4v) is 2.71. The zero-order valence-corrected chi connectivity index (χ0v) is 16.1. The highest BCUT2D eigenvalue weighted by Crippen LogP contribution is 2.22. The summed E-state index contributed by atoms with van der Waals surface area (Å²) in [5, 5.41) is 4.07. The van der Waals surface area contributed by atoms with Gasteiger partial charge in [-0.2, -0.15) is 4.68 Å². The predicted molar refractivity (Wildman–Crippen MR) is 110 cm³/mol. The van der Waals surface area contributed by atoms with Crippen molar-refractivity contribution in [2.75, 3.05) is 13.2 Å². The first-order valence-corrected chi connectivity index (χ1v) is 9.46. The summed E-state index contributed by atoms with van der Waals surface area (Å²) in [5.41, 5.74) is 1.62. The van der Waals surface area contributed by atoms with Crippen LogP contribution in [0.3, 0.4) is 0 Å². The van der Waals surface area contributed by atoms with Crippen LogP contribution in [-0.2, 0) is 11.3 Å². The molecule has 1 heterocycles. The van der Waals surface area contributed by atoms with Gasteiger partial charge in [0.1, 0.15) is 18.1 Å². The monoisotopic (exact) mass is 404 g/mol. The van der Waals surface area contributed by atoms with E-state index in [0.717, 1.165) is 16.0 Å². The molecule has 0 amide bonds. The van der Waals surface area contributed by atoms with E-state index < -0.39 is 5.76 Å². The minimum absolute atomic E-state index is 0.104. The summed E-state index contributed by atoms with van der Waals surface area (Å²) in [6.45, 7) is 1.05. The van der Waals surface area contributed by atoms with Crippen molar-refractivity contribution < 1.29 is 18.6 Å². The maximum Gasteiger partial charge on any atom is 0.444 e. The molecule has 0 atom stereocenters. The molecule has 4 rings (SSSR count). The van der Waals surface area contributed by atoms with Crippen molar-refractivity contribution >= 4 is 0 Å². The Labute approximate surface area is 173 Å². The second kappa shape index (κ2) is 9.58. The molecule has 3 aromatic carbocycles. The van der Waals surface area contributed by atoms with Gasteiger partial charge in [-0.25, -0.2) is 4.79 Å². The van der Waals surface area contributed by atoms with Gasteiger partial charge < -0.3 is 18.6 Å². The van der Waals surface area contributed by atoms with Crippen LogP contribution in [0.15, 0.2) is 94.1 Å². The van der Waals surface area contributed by atoms with E-state index in [1.807, 2.05) is 60.7 Å². The normalized spacial score (nSPS) is 10.7. The van der Waals surface area contributed by atoms with Crippen LogP contribution in [0.25, 0.3) is 5.69 Å². The fraction of sp³-hybridized carbons (Fsp3) is 0.130. The first-order chi connectivity index (χ1) is 14.8. The third kappa shape index (κ3) is 5.15. The van der Waals surface area contributed by atoms with Crippen molar-refractivity contribution in [3.05, 3.63) is 101 Å². The molecule has 4 aromatic rings. The van der Waals surface area contributed by atoms with Gasteiger partial charge in [-0.3, -0.25) is 0 Å². The lowest BCUT2D eigenvalue weighted by atomic mass is 10.2. The molecule has 0 aliphatic heterocycles. The average molecular weight is 404 g/mol. The van der Waals surface area contributed by atoms with Crippen LogP contribution in [0.4, 0.5) is 0 Å². The highest BCUT2D eigenvalue weighted by molar-refractivity contribution is 5.38. The molecular formula is C23H20N2O5. The van der Waals surface area contributed by atoms with E-state index >= 15 is 0 Å². The number of para-hydroxylation sites is 1. The first-order valence-electron chi connectivity index (χ1n) is 9.46. The fourth-order valence-electron chi connectivity index (χ4n) is 2.71. The summed E-state index contributed by atoms with van der Waals surface area (Å²) in [5.74, 6) is 0.745. The van der Waals surface area contributed by atoms with E-state index in [0.29, 0.717) is 24.7 Å². The molecular weight excluding hydrogens is 384 g/mol. The minimum Gasteiger partial charge on any atom is -0.457 e. The topological polar surface area (TPSA) is 75.7 Å². The molecule has 0 saturated carbocycles. The largest absolute Gasteiger partial charge is 0.457 e. The average Bonchev–Trinajstić information content (AvgIpc) is 3.16. The van der Waals surface area contributed by atoms with Crippen LogP contribution in [0.5, 0.6) is 17.6 Å².